The Morgan fingerprint density at radius 2 is 1.78 bits per heavy atom. The van der Waals surface area contributed by atoms with E-state index in [1.807, 2.05) is 85.8 Å². The smallest absolute Gasteiger partial charge is 0.257 e. The van der Waals surface area contributed by atoms with Gasteiger partial charge in [-0.2, -0.15) is 0 Å². The van der Waals surface area contributed by atoms with E-state index in [-0.39, 0.29) is 11.0 Å². The van der Waals surface area contributed by atoms with E-state index in [1.165, 1.54) is 0 Å². The van der Waals surface area contributed by atoms with Crippen LogP contribution in [0.25, 0.3) is 22.6 Å². The van der Waals surface area contributed by atoms with E-state index in [0.717, 1.165) is 16.7 Å². The van der Waals surface area contributed by atoms with Gasteiger partial charge in [-0.25, -0.2) is 4.98 Å². The molecule has 1 aromatic heterocycles. The second kappa shape index (κ2) is 10.4. The molecule has 1 heterocycles. The summed E-state index contributed by atoms with van der Waals surface area (Å²) in [7, 11) is 0. The highest BCUT2D eigenvalue weighted by atomic mass is 32.1. The fraction of sp³-hybridized carbons (Fsp3) is 0.0690. The first-order chi connectivity index (χ1) is 17.5. The number of aromatic nitrogens is 1. The lowest BCUT2D eigenvalue weighted by atomic mass is 10.1. The lowest BCUT2D eigenvalue weighted by Crippen LogP contribution is -2.34. The van der Waals surface area contributed by atoms with Crippen molar-refractivity contribution < 1.29 is 13.9 Å². The normalized spacial score (nSPS) is 10.7. The van der Waals surface area contributed by atoms with Gasteiger partial charge in [0.05, 0.1) is 0 Å². The molecule has 7 heteroatoms. The van der Waals surface area contributed by atoms with Gasteiger partial charge in [0.2, 0.25) is 5.89 Å². The Kier molecular flexibility index (Phi) is 6.73. The van der Waals surface area contributed by atoms with Gasteiger partial charge in [0.1, 0.15) is 17.9 Å². The number of thiocarbonyl (C=S) groups is 1. The Bertz CT molecular complexity index is 1550. The minimum Gasteiger partial charge on any atom is -0.489 e. The van der Waals surface area contributed by atoms with Crippen LogP contribution in [0.5, 0.6) is 5.75 Å². The summed E-state index contributed by atoms with van der Waals surface area (Å²) in [5.41, 5.74) is 5.59. The molecule has 6 nitrogen and oxygen atoms in total. The molecule has 0 radical (unpaired) electrons. The number of rotatable bonds is 6. The van der Waals surface area contributed by atoms with Crippen molar-refractivity contribution in [1.29, 1.82) is 0 Å². The van der Waals surface area contributed by atoms with Crippen molar-refractivity contribution in [2.24, 2.45) is 0 Å². The minimum atomic E-state index is -0.332. The molecule has 0 saturated heterocycles. The van der Waals surface area contributed by atoms with Gasteiger partial charge >= 0.3 is 0 Å². The molecule has 178 valence electrons. The fourth-order valence-corrected chi connectivity index (χ4v) is 3.92. The molecule has 0 aliphatic rings. The molecule has 0 bridgehead atoms. The maximum Gasteiger partial charge on any atom is 0.257 e. The first-order valence-electron chi connectivity index (χ1n) is 11.4. The van der Waals surface area contributed by atoms with Crippen molar-refractivity contribution in [2.45, 2.75) is 13.5 Å². The molecular weight excluding hydrogens is 470 g/mol. The van der Waals surface area contributed by atoms with Crippen LogP contribution in [0.15, 0.2) is 101 Å². The molecular formula is C29H23N3O3S. The number of nitrogens with zero attached hydrogens (tertiary/aromatic N) is 1. The molecule has 0 atom stereocenters. The number of carbonyl (C=O) groups is 1. The van der Waals surface area contributed by atoms with Gasteiger partial charge < -0.3 is 14.5 Å². The number of hydrogen-bond acceptors (Lipinski definition) is 5. The number of amides is 1. The van der Waals surface area contributed by atoms with Gasteiger partial charge in [-0.3, -0.25) is 10.1 Å². The molecule has 4 aromatic carbocycles. The zero-order valence-electron chi connectivity index (χ0n) is 19.5. The lowest BCUT2D eigenvalue weighted by Gasteiger charge is -2.11. The predicted octanol–water partition coefficient (Wildman–Crippen LogP) is 6.51. The van der Waals surface area contributed by atoms with Gasteiger partial charge in [0.15, 0.2) is 10.7 Å². The van der Waals surface area contributed by atoms with E-state index in [0.29, 0.717) is 40.6 Å². The number of carbonyl (C=O) groups excluding carboxylic acids is 1. The second-order valence-corrected chi connectivity index (χ2v) is 8.69. The van der Waals surface area contributed by atoms with Crippen LogP contribution in [0.3, 0.4) is 0 Å². The van der Waals surface area contributed by atoms with Crippen LogP contribution < -0.4 is 15.4 Å². The Morgan fingerprint density at radius 1 is 0.944 bits per heavy atom. The Hall–Kier alpha value is -4.49. The minimum absolute atomic E-state index is 0.178. The number of benzene rings is 4. The van der Waals surface area contributed by atoms with Gasteiger partial charge in [-0.1, -0.05) is 54.1 Å². The standard InChI is InChI=1S/C29H23N3O3S/c1-19-7-5-11-22(15-19)28-31-25-17-23(13-14-26(25)35-28)30-29(36)32-27(33)21-10-6-12-24(16-21)34-18-20-8-3-2-4-9-20/h2-17H,18H2,1H3,(H2,30,32,33,36). The summed E-state index contributed by atoms with van der Waals surface area (Å²) in [4.78, 5) is 17.3. The highest BCUT2D eigenvalue weighted by Crippen LogP contribution is 2.26. The zero-order valence-corrected chi connectivity index (χ0v) is 20.3. The SMILES string of the molecule is Cc1cccc(-c2nc3cc(NC(=S)NC(=O)c4cccc(OCc5ccccc5)c4)ccc3o2)c1. The van der Waals surface area contributed by atoms with Crippen molar-refractivity contribution >= 4 is 40.0 Å². The molecule has 0 spiro atoms. The van der Waals surface area contributed by atoms with Crippen LogP contribution in [-0.4, -0.2) is 16.0 Å². The molecule has 1 amide bonds. The third-order valence-corrected chi connectivity index (χ3v) is 5.69. The number of fused-ring (bicyclic) bond motifs is 1. The number of ether oxygens (including phenoxy) is 1. The van der Waals surface area contributed by atoms with Crippen LogP contribution in [0, 0.1) is 6.92 Å². The van der Waals surface area contributed by atoms with Crippen molar-refractivity contribution in [1.82, 2.24) is 10.3 Å². The van der Waals surface area contributed by atoms with E-state index in [4.69, 9.17) is 21.4 Å². The highest BCUT2D eigenvalue weighted by molar-refractivity contribution is 7.80. The van der Waals surface area contributed by atoms with Gasteiger partial charge in [0, 0.05) is 16.8 Å². The first-order valence-corrected chi connectivity index (χ1v) is 11.8. The molecule has 0 aliphatic heterocycles. The molecule has 0 fully saturated rings. The summed E-state index contributed by atoms with van der Waals surface area (Å²) < 4.78 is 11.7. The monoisotopic (exact) mass is 493 g/mol. The van der Waals surface area contributed by atoms with Gasteiger partial charge in [0.25, 0.3) is 5.91 Å². The Morgan fingerprint density at radius 3 is 2.61 bits per heavy atom. The van der Waals surface area contributed by atoms with Gasteiger partial charge in [-0.15, -0.1) is 0 Å². The number of aryl methyl sites for hydroxylation is 1. The zero-order chi connectivity index (χ0) is 24.9. The summed E-state index contributed by atoms with van der Waals surface area (Å²) in [6, 6.07) is 30.3. The number of oxazole rings is 1. The maximum atomic E-state index is 12.8. The van der Waals surface area contributed by atoms with Crippen molar-refractivity contribution in [3.63, 3.8) is 0 Å². The number of hydrogen-bond donors (Lipinski definition) is 2. The highest BCUT2D eigenvalue weighted by Gasteiger charge is 2.12. The van der Waals surface area contributed by atoms with Gasteiger partial charge in [-0.05, 0) is 73.2 Å². The van der Waals surface area contributed by atoms with Crippen molar-refractivity contribution in [3.05, 3.63) is 114 Å². The molecule has 0 saturated carbocycles. The van der Waals surface area contributed by atoms with Crippen LogP contribution >= 0.6 is 12.2 Å². The number of nitrogens with one attached hydrogen (secondary N) is 2. The summed E-state index contributed by atoms with van der Waals surface area (Å²) in [5.74, 6) is 0.823. The third-order valence-electron chi connectivity index (χ3n) is 5.48. The Balaban J connectivity index is 1.22. The van der Waals surface area contributed by atoms with E-state index in [1.54, 1.807) is 18.2 Å². The first kappa shape index (κ1) is 23.3. The molecule has 36 heavy (non-hydrogen) atoms. The second-order valence-electron chi connectivity index (χ2n) is 8.28. The topological polar surface area (TPSA) is 76.4 Å². The molecule has 5 aromatic rings. The molecule has 0 aliphatic carbocycles. The van der Waals surface area contributed by atoms with Crippen LogP contribution in [0.1, 0.15) is 21.5 Å². The predicted molar refractivity (Wildman–Crippen MR) is 145 cm³/mol. The van der Waals surface area contributed by atoms with Crippen LogP contribution in [-0.2, 0) is 6.61 Å². The summed E-state index contributed by atoms with van der Waals surface area (Å²) >= 11 is 5.36. The van der Waals surface area contributed by atoms with Crippen molar-refractivity contribution in [2.75, 3.05) is 5.32 Å². The maximum absolute atomic E-state index is 12.8. The Labute approximate surface area is 213 Å². The number of anilines is 1. The lowest BCUT2D eigenvalue weighted by molar-refractivity contribution is 0.0977. The van der Waals surface area contributed by atoms with E-state index < -0.39 is 0 Å². The molecule has 0 unspecified atom stereocenters. The summed E-state index contributed by atoms with van der Waals surface area (Å²) in [6.45, 7) is 2.44. The summed E-state index contributed by atoms with van der Waals surface area (Å²) in [5, 5.41) is 5.93. The average Bonchev–Trinajstić information content (AvgIpc) is 3.32. The fourth-order valence-electron chi connectivity index (χ4n) is 3.71. The quantitative estimate of drug-likeness (QED) is 0.263. The summed E-state index contributed by atoms with van der Waals surface area (Å²) in [6.07, 6.45) is 0. The van der Waals surface area contributed by atoms with Crippen LogP contribution in [0.4, 0.5) is 5.69 Å². The van der Waals surface area contributed by atoms with Crippen molar-refractivity contribution in [3.8, 4) is 17.2 Å². The van der Waals surface area contributed by atoms with E-state index in [9.17, 15) is 4.79 Å². The molecule has 2 N–H and O–H groups in total. The van der Waals surface area contributed by atoms with E-state index >= 15 is 0 Å². The largest absolute Gasteiger partial charge is 0.489 e. The average molecular weight is 494 g/mol. The third kappa shape index (κ3) is 5.59. The molecule has 5 rings (SSSR count). The van der Waals surface area contributed by atoms with Crippen LogP contribution in [0.2, 0.25) is 0 Å². The van der Waals surface area contributed by atoms with E-state index in [2.05, 4.69) is 15.6 Å².